The van der Waals surface area contributed by atoms with Crippen molar-refractivity contribution in [2.24, 2.45) is 0 Å². The van der Waals surface area contributed by atoms with Gasteiger partial charge in [0.1, 0.15) is 5.82 Å². The van der Waals surface area contributed by atoms with E-state index in [1.807, 2.05) is 20.0 Å². The highest BCUT2D eigenvalue weighted by Crippen LogP contribution is 2.14. The summed E-state index contributed by atoms with van der Waals surface area (Å²) in [4.78, 5) is 2.48. The lowest BCUT2D eigenvalue weighted by Crippen LogP contribution is -2.30. The van der Waals surface area contributed by atoms with E-state index >= 15 is 0 Å². The first-order valence-electron chi connectivity index (χ1n) is 6.33. The van der Waals surface area contributed by atoms with Crippen molar-refractivity contribution in [3.63, 3.8) is 0 Å². The van der Waals surface area contributed by atoms with Gasteiger partial charge in [-0.1, -0.05) is 6.07 Å². The van der Waals surface area contributed by atoms with Crippen LogP contribution in [0.5, 0.6) is 0 Å². The van der Waals surface area contributed by atoms with Gasteiger partial charge in [0.2, 0.25) is 0 Å². The van der Waals surface area contributed by atoms with Crippen LogP contribution in [-0.2, 0) is 6.42 Å². The standard InChI is InChI=1S/C14H21FN2/c1-11-9-13(15)4-3-12(11)5-7-17-8-6-14(10-17)16-2/h3-4,9,14,16H,5-8,10H2,1-2H3. The number of nitrogens with one attached hydrogen (secondary N) is 1. The molecule has 17 heavy (non-hydrogen) atoms. The molecule has 1 aromatic rings. The van der Waals surface area contributed by atoms with E-state index in [1.54, 1.807) is 12.1 Å². The fourth-order valence-electron chi connectivity index (χ4n) is 2.49. The molecule has 1 aliphatic rings. The smallest absolute Gasteiger partial charge is 0.123 e. The molecule has 2 nitrogen and oxygen atoms in total. The number of aryl methyl sites for hydroxylation is 1. The summed E-state index contributed by atoms with van der Waals surface area (Å²) < 4.78 is 13.0. The first kappa shape index (κ1) is 12.5. The predicted octanol–water partition coefficient (Wildman–Crippen LogP) is 1.97. The van der Waals surface area contributed by atoms with Gasteiger partial charge in [-0.25, -0.2) is 4.39 Å². The first-order chi connectivity index (χ1) is 8.19. The molecule has 0 amide bonds. The van der Waals surface area contributed by atoms with Crippen molar-refractivity contribution in [3.05, 3.63) is 35.1 Å². The number of halogens is 1. The lowest BCUT2D eigenvalue weighted by molar-refractivity contribution is 0.334. The van der Waals surface area contributed by atoms with E-state index in [-0.39, 0.29) is 5.82 Å². The van der Waals surface area contributed by atoms with Gasteiger partial charge in [-0.2, -0.15) is 0 Å². The summed E-state index contributed by atoms with van der Waals surface area (Å²) in [6.07, 6.45) is 2.25. The van der Waals surface area contributed by atoms with Crippen LogP contribution < -0.4 is 5.32 Å². The summed E-state index contributed by atoms with van der Waals surface area (Å²) in [7, 11) is 2.03. The Morgan fingerprint density at radius 2 is 2.29 bits per heavy atom. The quantitative estimate of drug-likeness (QED) is 0.860. The molecule has 3 heteroatoms. The monoisotopic (exact) mass is 236 g/mol. The van der Waals surface area contributed by atoms with Crippen molar-refractivity contribution in [3.8, 4) is 0 Å². The fraction of sp³-hybridized carbons (Fsp3) is 0.571. The summed E-state index contributed by atoms with van der Waals surface area (Å²) in [6.45, 7) is 5.37. The van der Waals surface area contributed by atoms with Crippen molar-refractivity contribution >= 4 is 0 Å². The molecule has 1 heterocycles. The number of rotatable bonds is 4. The van der Waals surface area contributed by atoms with Crippen LogP contribution in [0.4, 0.5) is 4.39 Å². The molecule has 1 saturated heterocycles. The predicted molar refractivity (Wildman–Crippen MR) is 68.7 cm³/mol. The van der Waals surface area contributed by atoms with E-state index in [4.69, 9.17) is 0 Å². The van der Waals surface area contributed by atoms with Crippen LogP contribution >= 0.6 is 0 Å². The summed E-state index contributed by atoms with van der Waals surface area (Å²) >= 11 is 0. The molecule has 0 bridgehead atoms. The zero-order valence-corrected chi connectivity index (χ0v) is 10.7. The summed E-state index contributed by atoms with van der Waals surface area (Å²) in [5, 5.41) is 3.32. The Bertz CT molecular complexity index is 378. The maximum absolute atomic E-state index is 13.0. The summed E-state index contributed by atoms with van der Waals surface area (Å²) in [5.41, 5.74) is 2.33. The van der Waals surface area contributed by atoms with Crippen molar-refractivity contribution < 1.29 is 4.39 Å². The number of likely N-dealkylation sites (tertiary alicyclic amines) is 1. The molecule has 1 fully saturated rings. The second-order valence-corrected chi connectivity index (χ2v) is 4.90. The Labute approximate surface area is 103 Å². The largest absolute Gasteiger partial charge is 0.316 e. The number of hydrogen-bond donors (Lipinski definition) is 1. The Kier molecular flexibility index (Phi) is 4.13. The van der Waals surface area contributed by atoms with E-state index in [2.05, 4.69) is 10.2 Å². The molecule has 94 valence electrons. The normalized spacial score (nSPS) is 21.0. The third kappa shape index (κ3) is 3.27. The van der Waals surface area contributed by atoms with Crippen LogP contribution in [0.3, 0.4) is 0 Å². The van der Waals surface area contributed by atoms with E-state index < -0.39 is 0 Å². The number of hydrogen-bond acceptors (Lipinski definition) is 2. The Morgan fingerprint density at radius 1 is 1.47 bits per heavy atom. The summed E-state index contributed by atoms with van der Waals surface area (Å²) in [5.74, 6) is -0.136. The Balaban J connectivity index is 1.86. The molecule has 1 N–H and O–H groups in total. The highest BCUT2D eigenvalue weighted by atomic mass is 19.1. The van der Waals surface area contributed by atoms with Gasteiger partial charge in [0.05, 0.1) is 0 Å². The van der Waals surface area contributed by atoms with Gasteiger partial charge in [0, 0.05) is 19.1 Å². The molecular weight excluding hydrogens is 215 g/mol. The minimum atomic E-state index is -0.136. The molecule has 1 unspecified atom stereocenters. The lowest BCUT2D eigenvalue weighted by atomic mass is 10.1. The lowest BCUT2D eigenvalue weighted by Gasteiger charge is -2.16. The second-order valence-electron chi connectivity index (χ2n) is 4.90. The van der Waals surface area contributed by atoms with E-state index in [0.717, 1.165) is 25.1 Å². The van der Waals surface area contributed by atoms with Crippen molar-refractivity contribution in [2.45, 2.75) is 25.8 Å². The van der Waals surface area contributed by atoms with Crippen LogP contribution in [0.15, 0.2) is 18.2 Å². The van der Waals surface area contributed by atoms with Gasteiger partial charge < -0.3 is 10.2 Å². The van der Waals surface area contributed by atoms with Gasteiger partial charge in [-0.05, 0) is 56.6 Å². The van der Waals surface area contributed by atoms with Crippen LogP contribution in [0, 0.1) is 12.7 Å². The van der Waals surface area contributed by atoms with E-state index in [0.29, 0.717) is 6.04 Å². The van der Waals surface area contributed by atoms with Crippen molar-refractivity contribution in [1.82, 2.24) is 10.2 Å². The van der Waals surface area contributed by atoms with Crippen LogP contribution in [0.25, 0.3) is 0 Å². The average Bonchev–Trinajstić information content (AvgIpc) is 2.76. The molecule has 1 atom stereocenters. The van der Waals surface area contributed by atoms with E-state index in [1.165, 1.54) is 18.5 Å². The maximum Gasteiger partial charge on any atom is 0.123 e. The van der Waals surface area contributed by atoms with Crippen LogP contribution in [-0.4, -0.2) is 37.6 Å². The third-order valence-electron chi connectivity index (χ3n) is 3.68. The van der Waals surface area contributed by atoms with Crippen LogP contribution in [0.2, 0.25) is 0 Å². The minimum absolute atomic E-state index is 0.136. The summed E-state index contributed by atoms with van der Waals surface area (Å²) in [6, 6.07) is 5.73. The number of benzene rings is 1. The van der Waals surface area contributed by atoms with Crippen LogP contribution in [0.1, 0.15) is 17.5 Å². The average molecular weight is 236 g/mol. The van der Waals surface area contributed by atoms with Gasteiger partial charge in [0.25, 0.3) is 0 Å². The minimum Gasteiger partial charge on any atom is -0.316 e. The van der Waals surface area contributed by atoms with Crippen molar-refractivity contribution in [1.29, 1.82) is 0 Å². The Hall–Kier alpha value is -0.930. The van der Waals surface area contributed by atoms with Gasteiger partial charge in [0.15, 0.2) is 0 Å². The molecule has 0 aromatic heterocycles. The van der Waals surface area contributed by atoms with Gasteiger partial charge in [-0.15, -0.1) is 0 Å². The molecule has 0 radical (unpaired) electrons. The SMILES string of the molecule is CNC1CCN(CCc2ccc(F)cc2C)C1. The molecule has 0 saturated carbocycles. The number of nitrogens with zero attached hydrogens (tertiary/aromatic N) is 1. The van der Waals surface area contributed by atoms with E-state index in [9.17, 15) is 4.39 Å². The molecule has 0 aliphatic carbocycles. The molecule has 0 spiro atoms. The Morgan fingerprint density at radius 3 is 2.94 bits per heavy atom. The zero-order chi connectivity index (χ0) is 12.3. The highest BCUT2D eigenvalue weighted by molar-refractivity contribution is 5.26. The third-order valence-corrected chi connectivity index (χ3v) is 3.68. The molecule has 1 aliphatic heterocycles. The second kappa shape index (κ2) is 5.61. The van der Waals surface area contributed by atoms with Gasteiger partial charge >= 0.3 is 0 Å². The molecular formula is C14H21FN2. The molecule has 2 rings (SSSR count). The van der Waals surface area contributed by atoms with Crippen molar-refractivity contribution in [2.75, 3.05) is 26.7 Å². The number of likely N-dealkylation sites (N-methyl/N-ethyl adjacent to an activating group) is 1. The highest BCUT2D eigenvalue weighted by Gasteiger charge is 2.20. The fourth-order valence-corrected chi connectivity index (χ4v) is 2.49. The van der Waals surface area contributed by atoms with Gasteiger partial charge in [-0.3, -0.25) is 0 Å². The molecule has 1 aromatic carbocycles. The first-order valence-corrected chi connectivity index (χ1v) is 6.33. The topological polar surface area (TPSA) is 15.3 Å². The maximum atomic E-state index is 13.0. The zero-order valence-electron chi connectivity index (χ0n) is 10.7.